The SMILES string of the molecule is Cc1cc(S(=O)(=O)N2C(C)CCCC2C)ccc1Cl. The van der Waals surface area contributed by atoms with Crippen LogP contribution in [0.2, 0.25) is 5.02 Å². The summed E-state index contributed by atoms with van der Waals surface area (Å²) < 4.78 is 27.2. The Balaban J connectivity index is 2.43. The molecule has 1 aromatic carbocycles. The van der Waals surface area contributed by atoms with E-state index in [0.717, 1.165) is 24.8 Å². The number of benzene rings is 1. The van der Waals surface area contributed by atoms with Gasteiger partial charge in [-0.1, -0.05) is 18.0 Å². The van der Waals surface area contributed by atoms with Crippen molar-refractivity contribution in [2.24, 2.45) is 0 Å². The van der Waals surface area contributed by atoms with E-state index in [1.807, 2.05) is 20.8 Å². The average molecular weight is 302 g/mol. The summed E-state index contributed by atoms with van der Waals surface area (Å²) in [7, 11) is -3.42. The molecule has 2 unspecified atom stereocenters. The fraction of sp³-hybridized carbons (Fsp3) is 0.571. The van der Waals surface area contributed by atoms with Crippen molar-refractivity contribution >= 4 is 21.6 Å². The quantitative estimate of drug-likeness (QED) is 0.837. The third kappa shape index (κ3) is 2.81. The zero-order valence-electron chi connectivity index (χ0n) is 11.6. The van der Waals surface area contributed by atoms with E-state index >= 15 is 0 Å². The van der Waals surface area contributed by atoms with Crippen molar-refractivity contribution in [2.45, 2.75) is 57.0 Å². The molecule has 0 aliphatic carbocycles. The van der Waals surface area contributed by atoms with Crippen LogP contribution < -0.4 is 0 Å². The smallest absolute Gasteiger partial charge is 0.207 e. The maximum absolute atomic E-state index is 12.8. The number of rotatable bonds is 2. The lowest BCUT2D eigenvalue weighted by atomic mass is 10.0. The fourth-order valence-electron chi connectivity index (χ4n) is 2.77. The van der Waals surface area contributed by atoms with Crippen LogP contribution in [0.1, 0.15) is 38.7 Å². The van der Waals surface area contributed by atoms with E-state index in [0.29, 0.717) is 9.92 Å². The van der Waals surface area contributed by atoms with E-state index in [-0.39, 0.29) is 12.1 Å². The van der Waals surface area contributed by atoms with Crippen LogP contribution in [0.15, 0.2) is 23.1 Å². The van der Waals surface area contributed by atoms with E-state index in [2.05, 4.69) is 0 Å². The van der Waals surface area contributed by atoms with Gasteiger partial charge in [-0.15, -0.1) is 0 Å². The Morgan fingerprint density at radius 2 is 1.79 bits per heavy atom. The number of aryl methyl sites for hydroxylation is 1. The van der Waals surface area contributed by atoms with Gasteiger partial charge in [0.05, 0.1) is 4.90 Å². The van der Waals surface area contributed by atoms with E-state index in [1.165, 1.54) is 0 Å². The minimum absolute atomic E-state index is 0.0599. The van der Waals surface area contributed by atoms with Crippen LogP contribution in [0.5, 0.6) is 0 Å². The Morgan fingerprint density at radius 1 is 1.21 bits per heavy atom. The topological polar surface area (TPSA) is 37.4 Å². The van der Waals surface area contributed by atoms with Gasteiger partial charge in [0.1, 0.15) is 0 Å². The second-order valence-corrected chi connectivity index (χ2v) is 7.63. The highest BCUT2D eigenvalue weighted by molar-refractivity contribution is 7.89. The van der Waals surface area contributed by atoms with Crippen LogP contribution >= 0.6 is 11.6 Å². The van der Waals surface area contributed by atoms with Crippen LogP contribution in [-0.4, -0.2) is 24.8 Å². The molecule has 0 N–H and O–H groups in total. The van der Waals surface area contributed by atoms with E-state index in [4.69, 9.17) is 11.6 Å². The summed E-state index contributed by atoms with van der Waals surface area (Å²) in [5.74, 6) is 0. The Labute approximate surface area is 120 Å². The predicted molar refractivity (Wildman–Crippen MR) is 78.0 cm³/mol. The molecule has 2 atom stereocenters. The van der Waals surface area contributed by atoms with Crippen LogP contribution in [0, 0.1) is 6.92 Å². The van der Waals surface area contributed by atoms with Gasteiger partial charge in [0.25, 0.3) is 0 Å². The van der Waals surface area contributed by atoms with Crippen LogP contribution in [0.25, 0.3) is 0 Å². The van der Waals surface area contributed by atoms with Gasteiger partial charge in [-0.25, -0.2) is 8.42 Å². The summed E-state index contributed by atoms with van der Waals surface area (Å²) in [5, 5.41) is 0.596. The van der Waals surface area contributed by atoms with Gasteiger partial charge in [-0.2, -0.15) is 4.31 Å². The third-order valence-electron chi connectivity index (χ3n) is 3.82. The number of hydrogen-bond donors (Lipinski definition) is 0. The molecule has 1 fully saturated rings. The molecule has 0 radical (unpaired) electrons. The second-order valence-electron chi connectivity index (χ2n) is 5.37. The van der Waals surface area contributed by atoms with E-state index in [9.17, 15) is 8.42 Å². The molecule has 1 aliphatic heterocycles. The second kappa shape index (κ2) is 5.43. The molecule has 1 aliphatic rings. The number of hydrogen-bond acceptors (Lipinski definition) is 2. The van der Waals surface area contributed by atoms with Crippen molar-refractivity contribution in [3.63, 3.8) is 0 Å². The minimum Gasteiger partial charge on any atom is -0.207 e. The Morgan fingerprint density at radius 3 is 2.32 bits per heavy atom. The van der Waals surface area contributed by atoms with E-state index in [1.54, 1.807) is 22.5 Å². The molecule has 1 heterocycles. The molecule has 2 rings (SSSR count). The molecule has 1 saturated heterocycles. The largest absolute Gasteiger partial charge is 0.243 e. The minimum atomic E-state index is -3.42. The summed E-state index contributed by atoms with van der Waals surface area (Å²) in [5.41, 5.74) is 0.792. The average Bonchev–Trinajstić information content (AvgIpc) is 2.32. The lowest BCUT2D eigenvalue weighted by Crippen LogP contribution is -2.47. The lowest BCUT2D eigenvalue weighted by molar-refractivity contribution is 0.204. The van der Waals surface area contributed by atoms with Gasteiger partial charge in [-0.3, -0.25) is 0 Å². The molecule has 1 aromatic rings. The summed E-state index contributed by atoms with van der Waals surface area (Å²) in [6, 6.07) is 5.03. The molecule has 0 aromatic heterocycles. The van der Waals surface area contributed by atoms with Crippen LogP contribution in [0.3, 0.4) is 0 Å². The number of halogens is 1. The normalized spacial score (nSPS) is 25.5. The molecule has 19 heavy (non-hydrogen) atoms. The lowest BCUT2D eigenvalue weighted by Gasteiger charge is -2.37. The Bertz CT molecular complexity index is 561. The predicted octanol–water partition coefficient (Wildman–Crippen LogP) is 3.60. The standard InChI is InChI=1S/C14H20ClNO2S/c1-10-9-13(7-8-14(10)15)19(17,18)16-11(2)5-4-6-12(16)3/h7-9,11-12H,4-6H2,1-3H3. The van der Waals surface area contributed by atoms with Crippen LogP contribution in [-0.2, 0) is 10.0 Å². The first-order valence-corrected chi connectivity index (χ1v) is 8.45. The maximum atomic E-state index is 12.8. The molecule has 5 heteroatoms. The van der Waals surface area contributed by atoms with E-state index < -0.39 is 10.0 Å². The Kier molecular flexibility index (Phi) is 4.23. The molecule has 106 valence electrons. The van der Waals surface area contributed by atoms with Gasteiger partial charge in [0.15, 0.2) is 0 Å². The highest BCUT2D eigenvalue weighted by Gasteiger charge is 2.35. The van der Waals surface area contributed by atoms with Crippen molar-refractivity contribution in [1.29, 1.82) is 0 Å². The zero-order chi connectivity index (χ0) is 14.2. The van der Waals surface area contributed by atoms with Gasteiger partial charge >= 0.3 is 0 Å². The fourth-order valence-corrected chi connectivity index (χ4v) is 4.86. The maximum Gasteiger partial charge on any atom is 0.243 e. The summed E-state index contributed by atoms with van der Waals surface area (Å²) in [6.45, 7) is 5.79. The Hall–Kier alpha value is -0.580. The van der Waals surface area contributed by atoms with Crippen molar-refractivity contribution < 1.29 is 8.42 Å². The number of nitrogens with zero attached hydrogens (tertiary/aromatic N) is 1. The molecule has 0 spiro atoms. The van der Waals surface area contributed by atoms with Crippen molar-refractivity contribution in [1.82, 2.24) is 4.31 Å². The highest BCUT2D eigenvalue weighted by atomic mass is 35.5. The molecular weight excluding hydrogens is 282 g/mol. The van der Waals surface area contributed by atoms with Gasteiger partial charge < -0.3 is 0 Å². The molecule has 0 bridgehead atoms. The number of sulfonamides is 1. The molecular formula is C14H20ClNO2S. The molecule has 0 saturated carbocycles. The summed E-state index contributed by atoms with van der Waals surface area (Å²) >= 11 is 5.97. The van der Waals surface area contributed by atoms with Gasteiger partial charge in [0.2, 0.25) is 10.0 Å². The summed E-state index contributed by atoms with van der Waals surface area (Å²) in [6.07, 6.45) is 2.94. The number of piperidine rings is 1. The van der Waals surface area contributed by atoms with Crippen LogP contribution in [0.4, 0.5) is 0 Å². The van der Waals surface area contributed by atoms with Gasteiger partial charge in [0, 0.05) is 17.1 Å². The van der Waals surface area contributed by atoms with Crippen molar-refractivity contribution in [2.75, 3.05) is 0 Å². The summed E-state index contributed by atoms with van der Waals surface area (Å²) in [4.78, 5) is 0.343. The molecule has 3 nitrogen and oxygen atoms in total. The first-order chi connectivity index (χ1) is 8.84. The highest BCUT2D eigenvalue weighted by Crippen LogP contribution is 2.30. The van der Waals surface area contributed by atoms with Crippen molar-refractivity contribution in [3.8, 4) is 0 Å². The zero-order valence-corrected chi connectivity index (χ0v) is 13.1. The third-order valence-corrected chi connectivity index (χ3v) is 6.37. The van der Waals surface area contributed by atoms with Gasteiger partial charge in [-0.05, 0) is 57.4 Å². The van der Waals surface area contributed by atoms with Crippen molar-refractivity contribution in [3.05, 3.63) is 28.8 Å². The molecule has 0 amide bonds. The first-order valence-electron chi connectivity index (χ1n) is 6.63. The first kappa shape index (κ1) is 14.8. The monoisotopic (exact) mass is 301 g/mol.